The molecule has 1 aliphatic heterocycles. The average molecular weight is 450 g/mol. The number of likely N-dealkylation sites (tertiary alicyclic amines) is 1. The number of aliphatic imine (C=N–C) groups is 1. The molecule has 1 atom stereocenters. The minimum Gasteiger partial charge on any atom is -0.356 e. The van der Waals surface area contributed by atoms with E-state index in [1.54, 1.807) is 0 Å². The van der Waals surface area contributed by atoms with Crippen molar-refractivity contribution >= 4 is 41.3 Å². The average Bonchev–Trinajstić information content (AvgIpc) is 3.00. The second kappa shape index (κ2) is 11.3. The highest BCUT2D eigenvalue weighted by Gasteiger charge is 2.20. The van der Waals surface area contributed by atoms with Gasteiger partial charge in [-0.25, -0.2) is 0 Å². The predicted molar refractivity (Wildman–Crippen MR) is 112 cm³/mol. The summed E-state index contributed by atoms with van der Waals surface area (Å²) in [6.45, 7) is 9.93. The van der Waals surface area contributed by atoms with E-state index in [0.717, 1.165) is 25.6 Å². The lowest BCUT2D eigenvalue weighted by atomic mass is 9.98. The molecule has 0 spiro atoms. The first-order chi connectivity index (χ1) is 10.7. The van der Waals surface area contributed by atoms with Gasteiger partial charge in [-0.15, -0.1) is 35.3 Å². The quantitative estimate of drug-likeness (QED) is 0.397. The number of rotatable bonds is 6. The highest BCUT2D eigenvalue weighted by molar-refractivity contribution is 14.0. The van der Waals surface area contributed by atoms with Crippen molar-refractivity contribution in [2.75, 3.05) is 33.2 Å². The van der Waals surface area contributed by atoms with Crippen molar-refractivity contribution in [1.29, 1.82) is 0 Å². The van der Waals surface area contributed by atoms with Gasteiger partial charge >= 0.3 is 0 Å². The number of piperidine rings is 1. The lowest BCUT2D eigenvalue weighted by molar-refractivity contribution is 0.169. The van der Waals surface area contributed by atoms with Crippen LogP contribution in [0.2, 0.25) is 0 Å². The van der Waals surface area contributed by atoms with Crippen LogP contribution in [0.5, 0.6) is 0 Å². The molecule has 1 aliphatic rings. The number of nitrogens with zero attached hydrogens (tertiary/aromatic N) is 2. The molecule has 132 valence electrons. The molecule has 0 radical (unpaired) electrons. The Kier molecular flexibility index (Phi) is 10.1. The van der Waals surface area contributed by atoms with Gasteiger partial charge in [-0.2, -0.15) is 0 Å². The van der Waals surface area contributed by atoms with Gasteiger partial charge in [0.2, 0.25) is 0 Å². The van der Waals surface area contributed by atoms with Crippen molar-refractivity contribution in [3.8, 4) is 0 Å². The number of thiophene rings is 1. The van der Waals surface area contributed by atoms with E-state index in [9.17, 15) is 0 Å². The smallest absolute Gasteiger partial charge is 0.190 e. The van der Waals surface area contributed by atoms with E-state index in [4.69, 9.17) is 0 Å². The van der Waals surface area contributed by atoms with Gasteiger partial charge in [0.1, 0.15) is 0 Å². The van der Waals surface area contributed by atoms with E-state index in [1.165, 1.54) is 30.8 Å². The van der Waals surface area contributed by atoms with Crippen molar-refractivity contribution in [2.24, 2.45) is 16.8 Å². The maximum atomic E-state index is 4.31. The van der Waals surface area contributed by atoms with Crippen molar-refractivity contribution in [1.82, 2.24) is 15.5 Å². The molecule has 0 bridgehead atoms. The van der Waals surface area contributed by atoms with Crippen LogP contribution in [0.3, 0.4) is 0 Å². The van der Waals surface area contributed by atoms with Crippen LogP contribution < -0.4 is 10.6 Å². The molecule has 2 rings (SSSR count). The molecule has 0 saturated carbocycles. The van der Waals surface area contributed by atoms with E-state index in [1.807, 2.05) is 18.4 Å². The molecule has 2 N–H and O–H groups in total. The van der Waals surface area contributed by atoms with E-state index in [-0.39, 0.29) is 24.0 Å². The van der Waals surface area contributed by atoms with Crippen LogP contribution in [-0.4, -0.2) is 44.1 Å². The van der Waals surface area contributed by atoms with Crippen molar-refractivity contribution < 1.29 is 0 Å². The lowest BCUT2D eigenvalue weighted by Gasteiger charge is -2.32. The van der Waals surface area contributed by atoms with Gasteiger partial charge in [-0.3, -0.25) is 9.89 Å². The van der Waals surface area contributed by atoms with Crippen LogP contribution in [0.4, 0.5) is 0 Å². The normalized spacial score (nSPS) is 19.5. The first kappa shape index (κ1) is 20.7. The molecule has 1 aromatic rings. The molecule has 0 amide bonds. The number of guanidine groups is 1. The van der Waals surface area contributed by atoms with Crippen LogP contribution in [-0.2, 0) is 6.54 Å². The zero-order valence-corrected chi connectivity index (χ0v) is 17.7. The summed E-state index contributed by atoms with van der Waals surface area (Å²) in [6, 6.07) is 4.39. The Morgan fingerprint density at radius 2 is 2.26 bits per heavy atom. The molecule has 4 nitrogen and oxygen atoms in total. The Balaban J connectivity index is 0.00000264. The third-order valence-corrected chi connectivity index (χ3v) is 4.88. The van der Waals surface area contributed by atoms with Crippen molar-refractivity contribution in [3.05, 3.63) is 22.4 Å². The maximum Gasteiger partial charge on any atom is 0.190 e. The van der Waals surface area contributed by atoms with E-state index < -0.39 is 0 Å². The summed E-state index contributed by atoms with van der Waals surface area (Å²) in [5, 5.41) is 9.04. The summed E-state index contributed by atoms with van der Waals surface area (Å²) in [5.41, 5.74) is 0. The zero-order chi connectivity index (χ0) is 15.8. The van der Waals surface area contributed by atoms with Gasteiger partial charge in [0, 0.05) is 38.1 Å². The van der Waals surface area contributed by atoms with E-state index >= 15 is 0 Å². The standard InChI is InChI=1S/C17H30N4S.HI/c1-14(2)10-19-17(18-3)20-11-15-6-4-8-21(12-15)13-16-7-5-9-22-16;/h5,7,9,14-15H,4,6,8,10-13H2,1-3H3,(H2,18,19,20);1H. The number of hydrogen-bond acceptors (Lipinski definition) is 3. The fourth-order valence-corrected chi connectivity index (χ4v) is 3.59. The largest absolute Gasteiger partial charge is 0.356 e. The summed E-state index contributed by atoms with van der Waals surface area (Å²) < 4.78 is 0. The van der Waals surface area contributed by atoms with Gasteiger partial charge in [0.05, 0.1) is 0 Å². The molecule has 0 aromatic carbocycles. The highest BCUT2D eigenvalue weighted by atomic mass is 127. The van der Waals surface area contributed by atoms with Crippen LogP contribution in [0.15, 0.2) is 22.5 Å². The predicted octanol–water partition coefficient (Wildman–Crippen LogP) is 3.40. The summed E-state index contributed by atoms with van der Waals surface area (Å²) in [7, 11) is 1.85. The topological polar surface area (TPSA) is 39.7 Å². The van der Waals surface area contributed by atoms with Crippen LogP contribution >= 0.6 is 35.3 Å². The fraction of sp³-hybridized carbons (Fsp3) is 0.706. The Morgan fingerprint density at radius 3 is 2.91 bits per heavy atom. The van der Waals surface area contributed by atoms with Gasteiger partial charge in [0.15, 0.2) is 5.96 Å². The maximum absolute atomic E-state index is 4.31. The van der Waals surface area contributed by atoms with Crippen LogP contribution in [0, 0.1) is 11.8 Å². The fourth-order valence-electron chi connectivity index (χ4n) is 2.85. The number of halogens is 1. The van der Waals surface area contributed by atoms with Crippen LogP contribution in [0.1, 0.15) is 31.6 Å². The molecular formula is C17H31IN4S. The second-order valence-electron chi connectivity index (χ2n) is 6.55. The molecule has 1 fully saturated rings. The lowest BCUT2D eigenvalue weighted by Crippen LogP contribution is -2.44. The first-order valence-corrected chi connectivity index (χ1v) is 9.24. The molecule has 2 heterocycles. The van der Waals surface area contributed by atoms with Gasteiger partial charge in [0.25, 0.3) is 0 Å². The Bertz CT molecular complexity index is 447. The molecule has 1 saturated heterocycles. The summed E-state index contributed by atoms with van der Waals surface area (Å²) in [6.07, 6.45) is 2.62. The monoisotopic (exact) mass is 450 g/mol. The Morgan fingerprint density at radius 1 is 1.43 bits per heavy atom. The summed E-state index contributed by atoms with van der Waals surface area (Å²) in [4.78, 5) is 8.37. The molecule has 6 heteroatoms. The van der Waals surface area contributed by atoms with Gasteiger partial charge in [-0.05, 0) is 42.7 Å². The summed E-state index contributed by atoms with van der Waals surface area (Å²) >= 11 is 1.86. The zero-order valence-electron chi connectivity index (χ0n) is 14.5. The SMILES string of the molecule is CN=C(NCC(C)C)NCC1CCCN(Cc2cccs2)C1.I. The van der Waals surface area contributed by atoms with Crippen LogP contribution in [0.25, 0.3) is 0 Å². The molecule has 23 heavy (non-hydrogen) atoms. The minimum absolute atomic E-state index is 0. The Hall–Kier alpha value is -0.340. The first-order valence-electron chi connectivity index (χ1n) is 8.36. The number of hydrogen-bond donors (Lipinski definition) is 2. The molecular weight excluding hydrogens is 419 g/mol. The van der Waals surface area contributed by atoms with E-state index in [2.05, 4.69) is 51.9 Å². The second-order valence-corrected chi connectivity index (χ2v) is 7.58. The molecule has 1 aromatic heterocycles. The van der Waals surface area contributed by atoms with Gasteiger partial charge in [-0.1, -0.05) is 19.9 Å². The third kappa shape index (κ3) is 7.85. The minimum atomic E-state index is 0. The third-order valence-electron chi connectivity index (χ3n) is 4.02. The molecule has 0 aliphatic carbocycles. The number of nitrogens with one attached hydrogen (secondary N) is 2. The highest BCUT2D eigenvalue weighted by Crippen LogP contribution is 2.19. The molecule has 1 unspecified atom stereocenters. The summed E-state index contributed by atoms with van der Waals surface area (Å²) in [5.74, 6) is 2.28. The van der Waals surface area contributed by atoms with Crippen molar-refractivity contribution in [3.63, 3.8) is 0 Å². The Labute approximate surface area is 162 Å². The van der Waals surface area contributed by atoms with E-state index in [0.29, 0.717) is 11.8 Å². The van der Waals surface area contributed by atoms with Crippen molar-refractivity contribution in [2.45, 2.75) is 33.2 Å². The van der Waals surface area contributed by atoms with Gasteiger partial charge < -0.3 is 10.6 Å².